The zero-order valence-electron chi connectivity index (χ0n) is 18.3. The molecular weight excluding hydrogens is 400 g/mol. The van der Waals surface area contributed by atoms with Crippen molar-refractivity contribution in [2.45, 2.75) is 44.9 Å². The van der Waals surface area contributed by atoms with Gasteiger partial charge >= 0.3 is 0 Å². The van der Waals surface area contributed by atoms with E-state index in [0.717, 1.165) is 43.2 Å². The van der Waals surface area contributed by atoms with E-state index in [4.69, 9.17) is 11.5 Å². The molecule has 2 aromatic rings. The summed E-state index contributed by atoms with van der Waals surface area (Å²) in [5, 5.41) is 0. The molecule has 5 heteroatoms. The maximum Gasteiger partial charge on any atom is 0.248 e. The Morgan fingerprint density at radius 2 is 1.78 bits per heavy atom. The summed E-state index contributed by atoms with van der Waals surface area (Å²) in [5.41, 5.74) is 15.8. The maximum absolute atomic E-state index is 13.5. The minimum atomic E-state index is -0.466. The highest BCUT2D eigenvalue weighted by atomic mass is 16.1. The molecule has 5 nitrogen and oxygen atoms in total. The number of amides is 2. The van der Waals surface area contributed by atoms with Crippen molar-refractivity contribution >= 4 is 23.7 Å². The molecule has 0 aromatic heterocycles. The standard InChI is InChI=1S/C27H28N2O3/c1-27-10-9-21-20-7-6-18(26(29)32)13-16(20)5-8-22(21)23(27)14-19(24(27)30)12-15-3-2-4-17(11-15)25(28)31/h2-4,6-7,11-13,21-23H,5,8-10,14H2,1H3,(H2,28,31)(H2,29,32)/b19-12+/t21-,22-,23+,27+/m1/s1. The molecule has 164 valence electrons. The summed E-state index contributed by atoms with van der Waals surface area (Å²) in [6.45, 7) is 2.14. The summed E-state index contributed by atoms with van der Waals surface area (Å²) in [6, 6.07) is 13.0. The monoisotopic (exact) mass is 428 g/mol. The largest absolute Gasteiger partial charge is 0.366 e. The number of Topliss-reactive ketones (excluding diaryl/α,β-unsaturated/α-hetero) is 1. The Morgan fingerprint density at radius 3 is 2.53 bits per heavy atom. The van der Waals surface area contributed by atoms with Gasteiger partial charge in [0, 0.05) is 16.5 Å². The number of benzene rings is 2. The summed E-state index contributed by atoms with van der Waals surface area (Å²) >= 11 is 0. The van der Waals surface area contributed by atoms with Crippen LogP contribution in [0.25, 0.3) is 6.08 Å². The average Bonchev–Trinajstić information content (AvgIpc) is 3.03. The van der Waals surface area contributed by atoms with Gasteiger partial charge in [0.1, 0.15) is 0 Å². The molecule has 2 amide bonds. The molecule has 2 aromatic carbocycles. The Hall–Kier alpha value is -3.21. The van der Waals surface area contributed by atoms with Gasteiger partial charge in [-0.2, -0.15) is 0 Å². The van der Waals surface area contributed by atoms with Crippen LogP contribution in [0, 0.1) is 17.3 Å². The molecule has 5 rings (SSSR count). The Bertz CT molecular complexity index is 1180. The predicted molar refractivity (Wildman–Crippen MR) is 123 cm³/mol. The van der Waals surface area contributed by atoms with E-state index in [2.05, 4.69) is 13.0 Å². The number of primary amides is 2. The highest BCUT2D eigenvalue weighted by Crippen LogP contribution is 2.60. The van der Waals surface area contributed by atoms with Gasteiger partial charge in [0.25, 0.3) is 0 Å². The third kappa shape index (κ3) is 3.19. The summed E-state index contributed by atoms with van der Waals surface area (Å²) in [4.78, 5) is 36.6. The first-order chi connectivity index (χ1) is 15.3. The van der Waals surface area contributed by atoms with E-state index in [1.807, 2.05) is 24.3 Å². The van der Waals surface area contributed by atoms with Gasteiger partial charge in [-0.25, -0.2) is 0 Å². The van der Waals surface area contributed by atoms with Crippen molar-refractivity contribution in [3.63, 3.8) is 0 Å². The highest BCUT2D eigenvalue weighted by molar-refractivity contribution is 6.06. The van der Waals surface area contributed by atoms with Crippen LogP contribution in [0.4, 0.5) is 0 Å². The molecule has 32 heavy (non-hydrogen) atoms. The molecule has 4 atom stereocenters. The van der Waals surface area contributed by atoms with Gasteiger partial charge in [-0.15, -0.1) is 0 Å². The summed E-state index contributed by atoms with van der Waals surface area (Å²) < 4.78 is 0. The number of carbonyl (C=O) groups is 3. The number of hydrogen-bond donors (Lipinski definition) is 2. The van der Waals surface area contributed by atoms with E-state index in [1.54, 1.807) is 18.2 Å². The number of hydrogen-bond acceptors (Lipinski definition) is 3. The summed E-state index contributed by atoms with van der Waals surface area (Å²) in [6.07, 6.45) is 6.51. The molecular formula is C27H28N2O3. The summed E-state index contributed by atoms with van der Waals surface area (Å²) in [5.74, 6) is 0.578. The molecule has 2 saturated carbocycles. The fourth-order valence-corrected chi connectivity index (χ4v) is 6.52. The predicted octanol–water partition coefficient (Wildman–Crippen LogP) is 4.00. The normalized spacial score (nSPS) is 29.8. The number of nitrogens with two attached hydrogens (primary N) is 2. The van der Waals surface area contributed by atoms with Crippen molar-refractivity contribution in [1.82, 2.24) is 0 Å². The minimum Gasteiger partial charge on any atom is -0.366 e. The van der Waals surface area contributed by atoms with Gasteiger partial charge in [0.05, 0.1) is 0 Å². The molecule has 0 aliphatic heterocycles. The van der Waals surface area contributed by atoms with Crippen LogP contribution in [0.1, 0.15) is 75.9 Å². The SMILES string of the molecule is C[C@]12CC[C@@H]3c4ccc(C(N)=O)cc4CC[C@H]3[C@@H]1C/C(=C\c1cccc(C(N)=O)c1)C2=O. The molecule has 3 aliphatic carbocycles. The highest BCUT2D eigenvalue weighted by Gasteiger charge is 2.56. The molecule has 0 heterocycles. The van der Waals surface area contributed by atoms with Gasteiger partial charge in [-0.1, -0.05) is 25.1 Å². The zero-order valence-corrected chi connectivity index (χ0v) is 18.3. The summed E-state index contributed by atoms with van der Waals surface area (Å²) in [7, 11) is 0. The Labute approximate surface area is 187 Å². The van der Waals surface area contributed by atoms with Crippen molar-refractivity contribution in [1.29, 1.82) is 0 Å². The average molecular weight is 429 g/mol. The van der Waals surface area contributed by atoms with E-state index < -0.39 is 5.91 Å². The van der Waals surface area contributed by atoms with Crippen molar-refractivity contribution in [2.75, 3.05) is 0 Å². The zero-order chi connectivity index (χ0) is 22.6. The molecule has 3 aliphatic rings. The van der Waals surface area contributed by atoms with Crippen molar-refractivity contribution in [2.24, 2.45) is 28.7 Å². The second-order valence-corrected chi connectivity index (χ2v) is 9.84. The fourth-order valence-electron chi connectivity index (χ4n) is 6.52. The number of ketones is 1. The lowest BCUT2D eigenvalue weighted by Crippen LogP contribution is -2.42. The van der Waals surface area contributed by atoms with Crippen LogP contribution >= 0.6 is 0 Å². The molecule has 4 N–H and O–H groups in total. The Balaban J connectivity index is 1.46. The Kier molecular flexibility index (Phi) is 4.81. The third-order valence-corrected chi connectivity index (χ3v) is 8.16. The lowest BCUT2D eigenvalue weighted by Gasteiger charge is -2.48. The fraction of sp³-hybridized carbons (Fsp3) is 0.370. The molecule has 0 bridgehead atoms. The molecule has 0 spiro atoms. The van der Waals surface area contributed by atoms with Crippen LogP contribution in [0.15, 0.2) is 48.0 Å². The lowest BCUT2D eigenvalue weighted by atomic mass is 9.55. The van der Waals surface area contributed by atoms with Crippen LogP contribution in [-0.2, 0) is 11.2 Å². The third-order valence-electron chi connectivity index (χ3n) is 8.16. The van der Waals surface area contributed by atoms with Gasteiger partial charge in [-0.3, -0.25) is 14.4 Å². The molecule has 0 unspecified atom stereocenters. The minimum absolute atomic E-state index is 0.250. The van der Waals surface area contributed by atoms with E-state index in [0.29, 0.717) is 28.9 Å². The van der Waals surface area contributed by atoms with Gasteiger partial charge in [-0.05, 0) is 102 Å². The quantitative estimate of drug-likeness (QED) is 0.722. The first-order valence-corrected chi connectivity index (χ1v) is 11.4. The first kappa shape index (κ1) is 20.7. The molecule has 2 fully saturated rings. The smallest absolute Gasteiger partial charge is 0.248 e. The number of aryl methyl sites for hydroxylation is 1. The first-order valence-electron chi connectivity index (χ1n) is 11.4. The van der Waals surface area contributed by atoms with Crippen molar-refractivity contribution in [3.05, 3.63) is 75.9 Å². The lowest BCUT2D eigenvalue weighted by molar-refractivity contribution is -0.127. The van der Waals surface area contributed by atoms with Crippen LogP contribution < -0.4 is 11.5 Å². The number of rotatable bonds is 3. The Morgan fingerprint density at radius 1 is 1.03 bits per heavy atom. The molecule has 0 saturated heterocycles. The van der Waals surface area contributed by atoms with Crippen LogP contribution in [-0.4, -0.2) is 17.6 Å². The van der Waals surface area contributed by atoms with Crippen molar-refractivity contribution < 1.29 is 14.4 Å². The maximum atomic E-state index is 13.5. The van der Waals surface area contributed by atoms with E-state index in [9.17, 15) is 14.4 Å². The number of carbonyl (C=O) groups excluding carboxylic acids is 3. The van der Waals surface area contributed by atoms with Crippen molar-refractivity contribution in [3.8, 4) is 0 Å². The second-order valence-electron chi connectivity index (χ2n) is 9.84. The van der Waals surface area contributed by atoms with Crippen LogP contribution in [0.2, 0.25) is 0 Å². The topological polar surface area (TPSA) is 103 Å². The van der Waals surface area contributed by atoms with Crippen LogP contribution in [0.5, 0.6) is 0 Å². The van der Waals surface area contributed by atoms with Gasteiger partial charge in [0.2, 0.25) is 11.8 Å². The van der Waals surface area contributed by atoms with E-state index in [1.165, 1.54) is 11.1 Å². The van der Waals surface area contributed by atoms with E-state index >= 15 is 0 Å². The number of fused-ring (bicyclic) bond motifs is 5. The van der Waals surface area contributed by atoms with E-state index in [-0.39, 0.29) is 17.1 Å². The van der Waals surface area contributed by atoms with Gasteiger partial charge < -0.3 is 11.5 Å². The van der Waals surface area contributed by atoms with Crippen LogP contribution in [0.3, 0.4) is 0 Å². The molecule has 0 radical (unpaired) electrons. The number of allylic oxidation sites excluding steroid dienone is 1. The van der Waals surface area contributed by atoms with Gasteiger partial charge in [0.15, 0.2) is 5.78 Å². The second kappa shape index (κ2) is 7.44.